The quantitative estimate of drug-likeness (QED) is 0.721. The molecule has 128 valence electrons. The second-order valence-electron chi connectivity index (χ2n) is 5.17. The second-order valence-corrected chi connectivity index (χ2v) is 7.10. The molecule has 1 saturated heterocycles. The first-order valence-electron chi connectivity index (χ1n) is 6.73. The topological polar surface area (TPSA) is 78.4 Å². The molecule has 1 aliphatic rings. The number of Topliss-reactive ketones (excluding diaryl/α,β-unsaturated/α-hetero) is 1. The van der Waals surface area contributed by atoms with E-state index >= 15 is 0 Å². The van der Waals surface area contributed by atoms with Crippen LogP contribution in [0, 0.1) is 5.92 Å². The molecule has 0 aromatic carbocycles. The molecule has 0 spiro atoms. The van der Waals surface area contributed by atoms with Crippen molar-refractivity contribution in [1.82, 2.24) is 10.6 Å². The van der Waals surface area contributed by atoms with Crippen LogP contribution in [0.1, 0.15) is 20.6 Å². The monoisotopic (exact) mass is 376 g/mol. The number of hydrogen-bond donors (Lipinski definition) is 3. The number of ketones is 1. The van der Waals surface area contributed by atoms with Crippen LogP contribution in [-0.4, -0.2) is 28.8 Å². The molecule has 2 aromatic heterocycles. The Morgan fingerprint density at radius 1 is 1.21 bits per heavy atom. The number of carbonyl (C=O) groups excluding carboxylic acids is 2. The van der Waals surface area contributed by atoms with Gasteiger partial charge in [-0.05, 0) is 22.9 Å². The Morgan fingerprint density at radius 2 is 1.88 bits per heavy atom. The number of urea groups is 1. The molecule has 10 heteroatoms. The lowest BCUT2D eigenvalue weighted by molar-refractivity contribution is -0.287. The minimum absolute atomic E-state index is 0.0715. The van der Waals surface area contributed by atoms with Crippen molar-refractivity contribution in [2.75, 3.05) is 0 Å². The van der Waals surface area contributed by atoms with Crippen LogP contribution >= 0.6 is 22.7 Å². The Hall–Kier alpha value is -1.91. The average Bonchev–Trinajstić information content (AvgIpc) is 3.18. The van der Waals surface area contributed by atoms with Crippen LogP contribution in [0.25, 0.3) is 0 Å². The summed E-state index contributed by atoms with van der Waals surface area (Å²) in [6.45, 7) is 0. The summed E-state index contributed by atoms with van der Waals surface area (Å²) in [7, 11) is 0. The predicted molar refractivity (Wildman–Crippen MR) is 81.9 cm³/mol. The lowest BCUT2D eigenvalue weighted by Crippen LogP contribution is -2.72. The van der Waals surface area contributed by atoms with Gasteiger partial charge in [0.25, 0.3) is 0 Å². The number of rotatable bonds is 3. The normalized spacial score (nSPS) is 27.4. The number of amides is 2. The average molecular weight is 376 g/mol. The molecule has 1 aliphatic heterocycles. The molecule has 0 unspecified atom stereocenters. The van der Waals surface area contributed by atoms with Gasteiger partial charge in [-0.25, -0.2) is 4.79 Å². The van der Waals surface area contributed by atoms with Gasteiger partial charge in [-0.15, -0.1) is 22.7 Å². The van der Waals surface area contributed by atoms with E-state index in [0.29, 0.717) is 4.88 Å². The SMILES string of the molecule is O=C1N[C@H](c2cccs2)[C@H](C(=O)c2cccs2)[C@](O)(C(F)(F)F)N1. The van der Waals surface area contributed by atoms with Crippen LogP contribution in [0.4, 0.5) is 18.0 Å². The van der Waals surface area contributed by atoms with Crippen molar-refractivity contribution in [3.63, 3.8) is 0 Å². The zero-order chi connectivity index (χ0) is 17.5. The van der Waals surface area contributed by atoms with Gasteiger partial charge in [-0.2, -0.15) is 13.2 Å². The maximum absolute atomic E-state index is 13.5. The fourth-order valence-electron chi connectivity index (χ4n) is 2.62. The largest absolute Gasteiger partial charge is 0.437 e. The molecule has 0 saturated carbocycles. The fraction of sp³-hybridized carbons (Fsp3) is 0.286. The third kappa shape index (κ3) is 2.70. The predicted octanol–water partition coefficient (Wildman–Crippen LogP) is 2.91. The van der Waals surface area contributed by atoms with E-state index in [-0.39, 0.29) is 4.88 Å². The van der Waals surface area contributed by atoms with Crippen molar-refractivity contribution in [2.45, 2.75) is 17.9 Å². The van der Waals surface area contributed by atoms with Gasteiger partial charge in [0.05, 0.1) is 10.9 Å². The van der Waals surface area contributed by atoms with Crippen LogP contribution < -0.4 is 10.6 Å². The minimum atomic E-state index is -5.22. The summed E-state index contributed by atoms with van der Waals surface area (Å²) in [6.07, 6.45) is -5.22. The van der Waals surface area contributed by atoms with Crippen LogP contribution in [0.3, 0.4) is 0 Å². The van der Waals surface area contributed by atoms with E-state index in [2.05, 4.69) is 5.32 Å². The van der Waals surface area contributed by atoms with Crippen molar-refractivity contribution < 1.29 is 27.9 Å². The van der Waals surface area contributed by atoms with Crippen molar-refractivity contribution in [2.24, 2.45) is 5.92 Å². The highest BCUT2D eigenvalue weighted by Crippen LogP contribution is 2.45. The number of carbonyl (C=O) groups is 2. The molecule has 0 aliphatic carbocycles. The van der Waals surface area contributed by atoms with E-state index in [4.69, 9.17) is 0 Å². The maximum Gasteiger partial charge on any atom is 0.437 e. The Morgan fingerprint density at radius 3 is 2.42 bits per heavy atom. The Kier molecular flexibility index (Phi) is 4.14. The molecule has 3 N–H and O–H groups in total. The summed E-state index contributed by atoms with van der Waals surface area (Å²) in [5.74, 6) is -2.84. The van der Waals surface area contributed by atoms with Crippen molar-refractivity contribution in [3.8, 4) is 0 Å². The summed E-state index contributed by atoms with van der Waals surface area (Å²) in [5, 5.41) is 17.2. The Labute approximate surface area is 142 Å². The number of thiophene rings is 2. The van der Waals surface area contributed by atoms with Gasteiger partial charge in [0.1, 0.15) is 5.92 Å². The minimum Gasteiger partial charge on any atom is -0.363 e. The van der Waals surface area contributed by atoms with Crippen LogP contribution in [0.2, 0.25) is 0 Å². The Bertz CT molecular complexity index is 746. The van der Waals surface area contributed by atoms with E-state index in [1.54, 1.807) is 16.8 Å². The lowest BCUT2D eigenvalue weighted by Gasteiger charge is -2.44. The molecule has 0 radical (unpaired) electrons. The molecule has 3 atom stereocenters. The molecule has 3 rings (SSSR count). The van der Waals surface area contributed by atoms with Crippen LogP contribution in [-0.2, 0) is 0 Å². The molecule has 1 fully saturated rings. The van der Waals surface area contributed by atoms with E-state index in [1.165, 1.54) is 23.5 Å². The zero-order valence-corrected chi connectivity index (χ0v) is 13.5. The maximum atomic E-state index is 13.5. The Balaban J connectivity index is 2.13. The number of halogens is 3. The van der Waals surface area contributed by atoms with Gasteiger partial charge in [-0.1, -0.05) is 12.1 Å². The highest BCUT2D eigenvalue weighted by atomic mass is 32.1. The van der Waals surface area contributed by atoms with E-state index in [0.717, 1.165) is 22.7 Å². The molecular formula is C14H11F3N2O3S2. The summed E-state index contributed by atoms with van der Waals surface area (Å²) in [5.41, 5.74) is -3.66. The van der Waals surface area contributed by atoms with Gasteiger partial charge in [0.2, 0.25) is 5.72 Å². The summed E-state index contributed by atoms with van der Waals surface area (Å²) >= 11 is 2.06. The molecule has 5 nitrogen and oxygen atoms in total. The first-order valence-corrected chi connectivity index (χ1v) is 8.49. The fourth-order valence-corrected chi connectivity index (χ4v) is 4.13. The number of alkyl halides is 3. The van der Waals surface area contributed by atoms with Gasteiger partial charge in [0, 0.05) is 4.88 Å². The van der Waals surface area contributed by atoms with Gasteiger partial charge in [0.15, 0.2) is 5.78 Å². The highest BCUT2D eigenvalue weighted by Gasteiger charge is 2.66. The van der Waals surface area contributed by atoms with Crippen molar-refractivity contribution in [3.05, 3.63) is 44.8 Å². The first kappa shape index (κ1) is 16.9. The van der Waals surface area contributed by atoms with E-state index < -0.39 is 35.7 Å². The van der Waals surface area contributed by atoms with Crippen molar-refractivity contribution in [1.29, 1.82) is 0 Å². The standard InChI is InChI=1S/C14H11F3N2O3S2/c15-14(16,17)13(22)9(11(20)8-4-2-6-24-8)10(18-12(21)19-13)7-3-1-5-23-7/h1-6,9-10,22H,(H2,18,19,21)/t9-,10-,13+/m1/s1. The van der Waals surface area contributed by atoms with Crippen LogP contribution in [0.15, 0.2) is 35.0 Å². The number of nitrogens with one attached hydrogen (secondary N) is 2. The van der Waals surface area contributed by atoms with Crippen molar-refractivity contribution >= 4 is 34.5 Å². The molecule has 0 bridgehead atoms. The molecule has 2 amide bonds. The van der Waals surface area contributed by atoms with Gasteiger partial charge >= 0.3 is 12.2 Å². The van der Waals surface area contributed by atoms with E-state index in [1.807, 2.05) is 0 Å². The molecule has 3 heterocycles. The second kappa shape index (κ2) is 5.87. The summed E-state index contributed by atoms with van der Waals surface area (Å²) < 4.78 is 40.6. The lowest BCUT2D eigenvalue weighted by atomic mass is 9.81. The zero-order valence-electron chi connectivity index (χ0n) is 11.8. The number of hydrogen-bond acceptors (Lipinski definition) is 5. The van der Waals surface area contributed by atoms with Gasteiger partial charge < -0.3 is 15.7 Å². The van der Waals surface area contributed by atoms with Crippen LogP contribution in [0.5, 0.6) is 0 Å². The number of aliphatic hydroxyl groups is 1. The molecular weight excluding hydrogens is 365 g/mol. The van der Waals surface area contributed by atoms with Gasteiger partial charge in [-0.3, -0.25) is 4.79 Å². The third-order valence-electron chi connectivity index (χ3n) is 3.70. The molecule has 2 aromatic rings. The summed E-state index contributed by atoms with van der Waals surface area (Å²) in [4.78, 5) is 24.8. The third-order valence-corrected chi connectivity index (χ3v) is 5.54. The van der Waals surface area contributed by atoms with E-state index in [9.17, 15) is 27.9 Å². The highest BCUT2D eigenvalue weighted by molar-refractivity contribution is 7.12. The summed E-state index contributed by atoms with van der Waals surface area (Å²) in [6, 6.07) is 3.52. The first-order chi connectivity index (χ1) is 11.2. The smallest absolute Gasteiger partial charge is 0.363 e. The molecule has 24 heavy (non-hydrogen) atoms.